The summed E-state index contributed by atoms with van der Waals surface area (Å²) in [4.78, 5) is 32.9. The molecule has 0 bridgehead atoms. The zero-order valence-electron chi connectivity index (χ0n) is 17.5. The highest BCUT2D eigenvalue weighted by atomic mass is 79.9. The number of piperazine rings is 1. The summed E-state index contributed by atoms with van der Waals surface area (Å²) in [6.07, 6.45) is -0.327. The van der Waals surface area contributed by atoms with Crippen LogP contribution in [0.3, 0.4) is 0 Å². The van der Waals surface area contributed by atoms with Crippen LogP contribution in [0.5, 0.6) is 0 Å². The second-order valence-electron chi connectivity index (χ2n) is 8.22. The molecule has 0 atom stereocenters. The van der Waals surface area contributed by atoms with Crippen LogP contribution in [-0.4, -0.2) is 57.4 Å². The molecule has 0 saturated carbocycles. The molecule has 0 spiro atoms. The third kappa shape index (κ3) is 4.52. The highest BCUT2D eigenvalue weighted by molar-refractivity contribution is 9.10. The maximum Gasteiger partial charge on any atom is 0.410 e. The maximum atomic E-state index is 12.3. The van der Waals surface area contributed by atoms with E-state index < -0.39 is 5.60 Å². The van der Waals surface area contributed by atoms with Gasteiger partial charge in [0.05, 0.1) is 4.47 Å². The molecule has 0 aliphatic carbocycles. The van der Waals surface area contributed by atoms with Crippen LogP contribution in [-0.2, 0) is 4.74 Å². The number of amides is 1. The quantitative estimate of drug-likeness (QED) is 0.531. The zero-order chi connectivity index (χ0) is 22.3. The molecule has 1 saturated heterocycles. The fourth-order valence-electron chi connectivity index (χ4n) is 3.29. The topological polar surface area (TPSA) is 106 Å². The van der Waals surface area contributed by atoms with E-state index in [0.29, 0.717) is 47.7 Å². The van der Waals surface area contributed by atoms with Gasteiger partial charge in [-0.1, -0.05) is 23.5 Å². The van der Waals surface area contributed by atoms with E-state index in [-0.39, 0.29) is 11.7 Å². The van der Waals surface area contributed by atoms with Gasteiger partial charge in [0.1, 0.15) is 16.4 Å². The predicted octanol–water partition coefficient (Wildman–Crippen LogP) is 3.22. The molecule has 0 radical (unpaired) electrons. The Hall–Kier alpha value is -2.66. The number of nitrogen functional groups attached to an aromatic ring is 1. The second-order valence-corrected chi connectivity index (χ2v) is 9.97. The molecule has 3 aromatic rings. The number of anilines is 2. The normalized spacial score (nSPS) is 14.8. The van der Waals surface area contributed by atoms with Crippen molar-refractivity contribution in [3.05, 3.63) is 39.1 Å². The highest BCUT2D eigenvalue weighted by Crippen LogP contribution is 2.35. The lowest BCUT2D eigenvalue weighted by Gasteiger charge is -2.36. The van der Waals surface area contributed by atoms with Crippen LogP contribution in [0.2, 0.25) is 0 Å². The van der Waals surface area contributed by atoms with Crippen LogP contribution in [0.15, 0.2) is 33.5 Å². The van der Waals surface area contributed by atoms with E-state index in [1.54, 1.807) is 15.5 Å². The first kappa shape index (κ1) is 21.6. The van der Waals surface area contributed by atoms with Crippen molar-refractivity contribution in [3.63, 3.8) is 0 Å². The van der Waals surface area contributed by atoms with Crippen molar-refractivity contribution in [3.8, 4) is 10.6 Å². The van der Waals surface area contributed by atoms with Crippen molar-refractivity contribution in [2.75, 3.05) is 36.8 Å². The molecule has 31 heavy (non-hydrogen) atoms. The number of rotatable bonds is 2. The Bertz CT molecular complexity index is 1190. The molecule has 2 aromatic heterocycles. The van der Waals surface area contributed by atoms with Gasteiger partial charge in [-0.3, -0.25) is 4.79 Å². The summed E-state index contributed by atoms with van der Waals surface area (Å²) in [5.41, 5.74) is 6.59. The lowest BCUT2D eigenvalue weighted by atomic mass is 10.2. The van der Waals surface area contributed by atoms with Crippen molar-refractivity contribution in [2.45, 2.75) is 26.4 Å². The number of ether oxygens (including phenoxy) is 1. The molecule has 1 aromatic carbocycles. The van der Waals surface area contributed by atoms with Gasteiger partial charge < -0.3 is 20.3 Å². The number of benzene rings is 1. The number of fused-ring (bicyclic) bond motifs is 1. The Labute approximate surface area is 191 Å². The van der Waals surface area contributed by atoms with Crippen LogP contribution in [0.1, 0.15) is 20.8 Å². The molecule has 2 N–H and O–H groups in total. The fraction of sp³-hybridized carbons (Fsp3) is 0.400. The molecule has 11 heteroatoms. The first-order valence-electron chi connectivity index (χ1n) is 9.80. The van der Waals surface area contributed by atoms with Gasteiger partial charge in [-0.05, 0) is 42.8 Å². The van der Waals surface area contributed by atoms with E-state index in [1.807, 2.05) is 37.8 Å². The van der Waals surface area contributed by atoms with Crippen molar-refractivity contribution in [1.82, 2.24) is 19.5 Å². The largest absolute Gasteiger partial charge is 0.444 e. The molecule has 1 aliphatic heterocycles. The van der Waals surface area contributed by atoms with Gasteiger partial charge in [0.25, 0.3) is 5.56 Å². The lowest BCUT2D eigenvalue weighted by Crippen LogP contribution is -2.50. The zero-order valence-corrected chi connectivity index (χ0v) is 19.9. The molecule has 1 aliphatic rings. The summed E-state index contributed by atoms with van der Waals surface area (Å²) in [5, 5.41) is 5.41. The van der Waals surface area contributed by atoms with Crippen LogP contribution in [0, 0.1) is 0 Å². The smallest absolute Gasteiger partial charge is 0.410 e. The van der Waals surface area contributed by atoms with Crippen LogP contribution >= 0.6 is 27.3 Å². The number of hydrogen-bond acceptors (Lipinski definition) is 8. The first-order chi connectivity index (χ1) is 14.6. The molecule has 164 valence electrons. The molecule has 3 heterocycles. The Kier molecular flexibility index (Phi) is 5.65. The fourth-order valence-corrected chi connectivity index (χ4v) is 4.81. The molecular formula is C20H23BrN6O3S. The monoisotopic (exact) mass is 506 g/mol. The summed E-state index contributed by atoms with van der Waals surface area (Å²) >= 11 is 4.84. The van der Waals surface area contributed by atoms with Gasteiger partial charge in [0.2, 0.25) is 4.96 Å². The number of halogens is 1. The molecule has 9 nitrogen and oxygen atoms in total. The van der Waals surface area contributed by atoms with E-state index >= 15 is 0 Å². The first-order valence-corrected chi connectivity index (χ1v) is 11.4. The van der Waals surface area contributed by atoms with E-state index in [2.05, 4.69) is 20.9 Å². The number of nitrogens with two attached hydrogens (primary N) is 1. The average molecular weight is 507 g/mol. The van der Waals surface area contributed by atoms with Gasteiger partial charge in [-0.25, -0.2) is 4.79 Å². The van der Waals surface area contributed by atoms with Crippen molar-refractivity contribution < 1.29 is 9.53 Å². The summed E-state index contributed by atoms with van der Waals surface area (Å²) < 4.78 is 7.89. The SMILES string of the molecule is CC(C)(C)OC(=O)N1CCN(c2cc(=O)nc3sc(-c4cccc(N)c4Br)nn23)CC1. The number of aromatic nitrogens is 3. The number of hydrogen-bond donors (Lipinski definition) is 1. The van der Waals surface area contributed by atoms with Gasteiger partial charge in [-0.2, -0.15) is 14.6 Å². The third-order valence-corrected chi connectivity index (χ3v) is 6.58. The standard InChI is InChI=1S/C20H23BrN6O3S/c1-20(2,3)30-19(29)26-9-7-25(8-10-26)15-11-14(28)23-18-27(15)24-17(31-18)12-5-4-6-13(22)16(12)21/h4-6,11H,7-10,22H2,1-3H3. The Morgan fingerprint density at radius 1 is 1.23 bits per heavy atom. The minimum atomic E-state index is -0.537. The van der Waals surface area contributed by atoms with E-state index in [0.717, 1.165) is 10.0 Å². The van der Waals surface area contributed by atoms with Gasteiger partial charge >= 0.3 is 6.09 Å². The molecular weight excluding hydrogens is 484 g/mol. The summed E-state index contributed by atoms with van der Waals surface area (Å²) in [7, 11) is 0. The van der Waals surface area contributed by atoms with Crippen LogP contribution in [0.4, 0.5) is 16.3 Å². The van der Waals surface area contributed by atoms with Crippen molar-refractivity contribution in [1.29, 1.82) is 0 Å². The maximum absolute atomic E-state index is 12.3. The second kappa shape index (κ2) is 8.12. The Morgan fingerprint density at radius 2 is 1.94 bits per heavy atom. The van der Waals surface area contributed by atoms with Gasteiger partial charge in [0, 0.05) is 43.5 Å². The minimum absolute atomic E-state index is 0.327. The van der Waals surface area contributed by atoms with Crippen LogP contribution < -0.4 is 16.2 Å². The van der Waals surface area contributed by atoms with Crippen molar-refractivity contribution >= 4 is 49.8 Å². The number of carbonyl (C=O) groups is 1. The Balaban J connectivity index is 1.62. The lowest BCUT2D eigenvalue weighted by molar-refractivity contribution is 0.0240. The predicted molar refractivity (Wildman–Crippen MR) is 125 cm³/mol. The number of carbonyl (C=O) groups excluding carboxylic acids is 1. The summed E-state index contributed by atoms with van der Waals surface area (Å²) in [6.45, 7) is 7.63. The van der Waals surface area contributed by atoms with Gasteiger partial charge in [0.15, 0.2) is 0 Å². The minimum Gasteiger partial charge on any atom is -0.444 e. The van der Waals surface area contributed by atoms with Gasteiger partial charge in [-0.15, -0.1) is 0 Å². The molecule has 1 amide bonds. The number of nitrogens with zero attached hydrogens (tertiary/aromatic N) is 5. The Morgan fingerprint density at radius 3 is 2.61 bits per heavy atom. The highest BCUT2D eigenvalue weighted by Gasteiger charge is 2.27. The van der Waals surface area contributed by atoms with E-state index in [9.17, 15) is 9.59 Å². The third-order valence-electron chi connectivity index (χ3n) is 4.75. The molecule has 0 unspecified atom stereocenters. The van der Waals surface area contributed by atoms with E-state index in [4.69, 9.17) is 15.6 Å². The summed E-state index contributed by atoms with van der Waals surface area (Å²) in [6, 6.07) is 7.05. The summed E-state index contributed by atoms with van der Waals surface area (Å²) in [5.74, 6) is 0.654. The van der Waals surface area contributed by atoms with E-state index in [1.165, 1.54) is 17.4 Å². The average Bonchev–Trinajstić information content (AvgIpc) is 3.12. The van der Waals surface area contributed by atoms with Crippen LogP contribution in [0.25, 0.3) is 15.5 Å². The van der Waals surface area contributed by atoms with Crippen molar-refractivity contribution in [2.24, 2.45) is 0 Å². The molecule has 1 fully saturated rings. The molecule has 4 rings (SSSR count).